The van der Waals surface area contributed by atoms with Crippen molar-refractivity contribution in [3.05, 3.63) is 0 Å². The Bertz CT molecular complexity index is 483. The normalized spacial score (nSPS) is 13.0. The molecule has 8 nitrogen and oxygen atoms in total. The van der Waals surface area contributed by atoms with Crippen molar-refractivity contribution in [2.24, 2.45) is 5.41 Å². The minimum Gasteiger partial charge on any atom is -0.465 e. The third-order valence-corrected chi connectivity index (χ3v) is 8.64. The van der Waals surface area contributed by atoms with Gasteiger partial charge in [-0.25, -0.2) is 0 Å². The van der Waals surface area contributed by atoms with Gasteiger partial charge in [-0.05, 0) is 32.4 Å². The highest BCUT2D eigenvalue weighted by Crippen LogP contribution is 2.25. The molecular formula is C14H30O8S2Si. The van der Waals surface area contributed by atoms with Crippen molar-refractivity contribution >= 4 is 36.7 Å². The van der Waals surface area contributed by atoms with Crippen LogP contribution in [-0.2, 0) is 32.9 Å². The Morgan fingerprint density at radius 2 is 1.68 bits per heavy atom. The van der Waals surface area contributed by atoms with Crippen LogP contribution in [0.4, 0.5) is 0 Å². The van der Waals surface area contributed by atoms with E-state index in [9.17, 15) is 13.2 Å². The lowest BCUT2D eigenvalue weighted by Crippen LogP contribution is -2.42. The van der Waals surface area contributed by atoms with Gasteiger partial charge in [0.2, 0.25) is 0 Å². The molecule has 0 aliphatic heterocycles. The summed E-state index contributed by atoms with van der Waals surface area (Å²) in [6.07, 6.45) is 0.914. The smallest absolute Gasteiger partial charge is 0.465 e. The average molecular weight is 419 g/mol. The zero-order chi connectivity index (χ0) is 19.6. The summed E-state index contributed by atoms with van der Waals surface area (Å²) in [6.45, 7) is 3.53. The highest BCUT2D eigenvalue weighted by Gasteiger charge is 2.37. The van der Waals surface area contributed by atoms with Crippen LogP contribution >= 0.6 is 11.8 Å². The summed E-state index contributed by atoms with van der Waals surface area (Å²) in [5.41, 5.74) is -0.680. The number of rotatable bonds is 14. The van der Waals surface area contributed by atoms with E-state index in [-0.39, 0.29) is 19.0 Å². The van der Waals surface area contributed by atoms with E-state index in [1.165, 1.54) is 0 Å². The molecule has 0 spiro atoms. The van der Waals surface area contributed by atoms with E-state index in [0.717, 1.165) is 12.2 Å². The molecule has 0 aliphatic rings. The first-order valence-electron chi connectivity index (χ1n) is 7.87. The number of carbonyl (C=O) groups excluding carboxylic acids is 1. The van der Waals surface area contributed by atoms with Crippen LogP contribution in [0.5, 0.6) is 0 Å². The molecule has 0 bridgehead atoms. The summed E-state index contributed by atoms with van der Waals surface area (Å²) >= 11 is 1.62. The SMILES string of the molecule is CO[Si](CCCSCC(C)(C)C(=O)OCCCS(=O)(=O)O)(OC)OC. The Hall–Kier alpha value is -0.173. The third kappa shape index (κ3) is 10.5. The monoisotopic (exact) mass is 418 g/mol. The first-order chi connectivity index (χ1) is 11.5. The largest absolute Gasteiger partial charge is 0.500 e. The van der Waals surface area contributed by atoms with Crippen LogP contribution in [0, 0.1) is 5.41 Å². The lowest BCUT2D eigenvalue weighted by Gasteiger charge is -2.25. The van der Waals surface area contributed by atoms with Gasteiger partial charge in [-0.2, -0.15) is 20.2 Å². The molecule has 0 rings (SSSR count). The minimum absolute atomic E-state index is 0.0314. The van der Waals surface area contributed by atoms with Gasteiger partial charge < -0.3 is 18.0 Å². The Morgan fingerprint density at radius 1 is 1.12 bits per heavy atom. The van der Waals surface area contributed by atoms with Crippen LogP contribution in [0.1, 0.15) is 26.7 Å². The van der Waals surface area contributed by atoms with Gasteiger partial charge in [0.15, 0.2) is 0 Å². The molecule has 1 N–H and O–H groups in total. The van der Waals surface area contributed by atoms with Crippen LogP contribution in [0.25, 0.3) is 0 Å². The van der Waals surface area contributed by atoms with Gasteiger partial charge in [0.1, 0.15) is 0 Å². The quantitative estimate of drug-likeness (QED) is 0.195. The maximum atomic E-state index is 12.1. The van der Waals surface area contributed by atoms with E-state index in [1.807, 2.05) is 0 Å². The van der Waals surface area contributed by atoms with Gasteiger partial charge >= 0.3 is 14.8 Å². The number of hydrogen-bond acceptors (Lipinski definition) is 8. The zero-order valence-corrected chi connectivity index (χ0v) is 18.2. The highest BCUT2D eigenvalue weighted by molar-refractivity contribution is 7.99. The summed E-state index contributed by atoms with van der Waals surface area (Å²) in [5.74, 6) is 0.597. The summed E-state index contributed by atoms with van der Waals surface area (Å²) in [5, 5.41) is 0. The predicted octanol–water partition coefficient (Wildman–Crippen LogP) is 1.84. The molecule has 0 fully saturated rings. The molecule has 11 heteroatoms. The van der Waals surface area contributed by atoms with Gasteiger partial charge in [-0.3, -0.25) is 9.35 Å². The van der Waals surface area contributed by atoms with E-state index in [2.05, 4.69) is 0 Å². The predicted molar refractivity (Wildman–Crippen MR) is 99.3 cm³/mol. The van der Waals surface area contributed by atoms with E-state index in [0.29, 0.717) is 11.8 Å². The second-order valence-electron chi connectivity index (χ2n) is 6.11. The highest BCUT2D eigenvalue weighted by atomic mass is 32.2. The second-order valence-corrected chi connectivity index (χ2v) is 11.9. The lowest BCUT2D eigenvalue weighted by molar-refractivity contribution is -0.152. The fourth-order valence-corrected chi connectivity index (χ4v) is 5.52. The molecular weight excluding hydrogens is 388 g/mol. The molecule has 0 radical (unpaired) electrons. The fourth-order valence-electron chi connectivity index (χ4n) is 1.93. The van der Waals surface area contributed by atoms with Crippen LogP contribution in [0.15, 0.2) is 0 Å². The summed E-state index contributed by atoms with van der Waals surface area (Å²) < 4.78 is 51.0. The number of esters is 1. The van der Waals surface area contributed by atoms with Crippen molar-refractivity contribution in [2.45, 2.75) is 32.7 Å². The van der Waals surface area contributed by atoms with Gasteiger partial charge in [0.05, 0.1) is 17.8 Å². The molecule has 0 atom stereocenters. The standard InChI is InChI=1S/C14H30O8S2Si/c1-14(2,13(15)22-8-6-10-24(16,17)18)12-23-9-7-11-25(19-3,20-4)21-5/h6-12H2,1-5H3,(H,16,17,18). The Morgan fingerprint density at radius 3 is 2.16 bits per heavy atom. The molecule has 0 heterocycles. The molecule has 0 saturated carbocycles. The average Bonchev–Trinajstić information content (AvgIpc) is 2.54. The van der Waals surface area contributed by atoms with Gasteiger partial charge in [0, 0.05) is 33.1 Å². The maximum Gasteiger partial charge on any atom is 0.500 e. The minimum atomic E-state index is -4.02. The van der Waals surface area contributed by atoms with Crippen molar-refractivity contribution < 1.29 is 35.8 Å². The van der Waals surface area contributed by atoms with E-state index < -0.39 is 30.1 Å². The van der Waals surface area contributed by atoms with E-state index in [1.54, 1.807) is 46.9 Å². The summed E-state index contributed by atoms with van der Waals surface area (Å²) in [4.78, 5) is 12.1. The van der Waals surface area contributed by atoms with Crippen molar-refractivity contribution in [3.63, 3.8) is 0 Å². The Kier molecular flexibility index (Phi) is 11.4. The van der Waals surface area contributed by atoms with Crippen molar-refractivity contribution in [2.75, 3.05) is 45.2 Å². The maximum absolute atomic E-state index is 12.1. The summed E-state index contributed by atoms with van der Waals surface area (Å²) in [7, 11) is -1.84. The molecule has 0 aliphatic carbocycles. The molecule has 0 amide bonds. The number of hydrogen-bond donors (Lipinski definition) is 1. The molecule has 0 unspecified atom stereocenters. The van der Waals surface area contributed by atoms with E-state index >= 15 is 0 Å². The number of ether oxygens (including phenoxy) is 1. The van der Waals surface area contributed by atoms with Gasteiger partial charge in [-0.1, -0.05) is 0 Å². The first kappa shape index (κ1) is 24.8. The van der Waals surface area contributed by atoms with Gasteiger partial charge in [0.25, 0.3) is 10.1 Å². The Balaban J connectivity index is 4.08. The van der Waals surface area contributed by atoms with E-state index in [4.69, 9.17) is 22.6 Å². The number of carbonyl (C=O) groups is 1. The lowest BCUT2D eigenvalue weighted by atomic mass is 9.97. The topological polar surface area (TPSA) is 108 Å². The second kappa shape index (κ2) is 11.5. The van der Waals surface area contributed by atoms with Crippen molar-refractivity contribution in [1.82, 2.24) is 0 Å². The fraction of sp³-hybridized carbons (Fsp3) is 0.929. The molecule has 25 heavy (non-hydrogen) atoms. The molecule has 0 aromatic heterocycles. The summed E-state index contributed by atoms with van der Waals surface area (Å²) in [6, 6.07) is 0.698. The van der Waals surface area contributed by atoms with Crippen LogP contribution < -0.4 is 0 Å². The van der Waals surface area contributed by atoms with Crippen LogP contribution in [0.2, 0.25) is 6.04 Å². The molecule has 0 saturated heterocycles. The third-order valence-electron chi connectivity index (χ3n) is 3.50. The van der Waals surface area contributed by atoms with Crippen molar-refractivity contribution in [3.8, 4) is 0 Å². The van der Waals surface area contributed by atoms with Gasteiger partial charge in [-0.15, -0.1) is 0 Å². The Labute approximate surface area is 156 Å². The molecule has 0 aromatic carbocycles. The van der Waals surface area contributed by atoms with Crippen molar-refractivity contribution in [1.29, 1.82) is 0 Å². The van der Waals surface area contributed by atoms with Crippen LogP contribution in [0.3, 0.4) is 0 Å². The molecule has 150 valence electrons. The number of thioether (sulfide) groups is 1. The van der Waals surface area contributed by atoms with Crippen LogP contribution in [-0.4, -0.2) is 72.9 Å². The first-order valence-corrected chi connectivity index (χ1v) is 12.6. The molecule has 0 aromatic rings. The zero-order valence-electron chi connectivity index (χ0n) is 15.6.